The second-order valence-electron chi connectivity index (χ2n) is 7.32. The first-order valence-corrected chi connectivity index (χ1v) is 10.7. The average Bonchev–Trinajstić information content (AvgIpc) is 3.00. The van der Waals surface area contributed by atoms with E-state index < -0.39 is 5.60 Å². The molecule has 2 rings (SSSR count). The van der Waals surface area contributed by atoms with E-state index in [1.54, 1.807) is 18.2 Å². The van der Waals surface area contributed by atoms with Crippen LogP contribution in [-0.4, -0.2) is 55.4 Å². The number of fused-ring (bicyclic) bond motifs is 1. The monoisotopic (exact) mass is 442 g/mol. The van der Waals surface area contributed by atoms with Gasteiger partial charge in [0.15, 0.2) is 4.47 Å². The van der Waals surface area contributed by atoms with Crippen LogP contribution in [0.25, 0.3) is 10.2 Å². The largest absolute Gasteiger partial charge is 0.460 e. The van der Waals surface area contributed by atoms with E-state index in [4.69, 9.17) is 25.8 Å². The maximum atomic E-state index is 12.2. The molecule has 1 heterocycles. The number of aromatic nitrogens is 1. The van der Waals surface area contributed by atoms with Gasteiger partial charge in [-0.15, -0.1) is 11.3 Å². The lowest BCUT2D eigenvalue weighted by atomic mass is 10.2. The summed E-state index contributed by atoms with van der Waals surface area (Å²) in [5.74, 6) is -0.385. The number of ether oxygens (including phenoxy) is 3. The number of benzene rings is 1. The molecule has 0 atom stereocenters. The first-order valence-electron chi connectivity index (χ1n) is 9.46. The number of nitrogens with one attached hydrogen (secondary N) is 1. The van der Waals surface area contributed by atoms with Gasteiger partial charge in [-0.05, 0) is 45.4 Å². The van der Waals surface area contributed by atoms with Crippen LogP contribution in [0.2, 0.25) is 4.47 Å². The lowest BCUT2D eigenvalue weighted by Gasteiger charge is -2.19. The number of carbonyl (C=O) groups excluding carboxylic acids is 2. The molecule has 9 heteroatoms. The van der Waals surface area contributed by atoms with Crippen molar-refractivity contribution in [2.45, 2.75) is 39.2 Å². The summed E-state index contributed by atoms with van der Waals surface area (Å²) in [6, 6.07) is 5.28. The second kappa shape index (κ2) is 11.4. The molecule has 0 saturated heterocycles. The van der Waals surface area contributed by atoms with Crippen molar-refractivity contribution in [3.63, 3.8) is 0 Å². The van der Waals surface area contributed by atoms with Crippen molar-refractivity contribution in [3.05, 3.63) is 28.2 Å². The Morgan fingerprint density at radius 2 is 1.86 bits per heavy atom. The van der Waals surface area contributed by atoms with Gasteiger partial charge in [0.05, 0.1) is 30.0 Å². The van der Waals surface area contributed by atoms with Crippen molar-refractivity contribution in [2.24, 2.45) is 0 Å². The number of amides is 1. The van der Waals surface area contributed by atoms with Crippen LogP contribution in [0.5, 0.6) is 0 Å². The molecule has 160 valence electrons. The Bertz CT molecular complexity index is 819. The Hall–Kier alpha value is -1.74. The minimum Gasteiger partial charge on any atom is -0.460 e. The van der Waals surface area contributed by atoms with Crippen LogP contribution in [0.4, 0.5) is 0 Å². The van der Waals surface area contributed by atoms with Gasteiger partial charge >= 0.3 is 5.97 Å². The minimum absolute atomic E-state index is 0.168. The maximum absolute atomic E-state index is 12.2. The summed E-state index contributed by atoms with van der Waals surface area (Å²) in [6.45, 7) is 7.66. The SMILES string of the molecule is CC(C)(C)OC(=O)CCCOCCOCCNC(=O)c1ccc2nc(Cl)sc2c1. The number of carbonyl (C=O) groups is 2. The molecular weight excluding hydrogens is 416 g/mol. The Morgan fingerprint density at radius 1 is 1.14 bits per heavy atom. The fraction of sp³-hybridized carbons (Fsp3) is 0.550. The third kappa shape index (κ3) is 9.08. The molecule has 1 aromatic carbocycles. The van der Waals surface area contributed by atoms with E-state index in [0.717, 1.165) is 10.2 Å². The van der Waals surface area contributed by atoms with E-state index in [1.165, 1.54) is 11.3 Å². The lowest BCUT2D eigenvalue weighted by Crippen LogP contribution is -2.27. The van der Waals surface area contributed by atoms with Crippen LogP contribution in [-0.2, 0) is 19.0 Å². The first-order chi connectivity index (χ1) is 13.7. The van der Waals surface area contributed by atoms with Crippen molar-refractivity contribution in [1.29, 1.82) is 0 Å². The molecule has 0 spiro atoms. The summed E-state index contributed by atoms with van der Waals surface area (Å²) in [7, 11) is 0. The normalized spacial score (nSPS) is 11.6. The zero-order valence-electron chi connectivity index (χ0n) is 17.0. The molecule has 2 aromatic rings. The molecule has 0 aliphatic heterocycles. The fourth-order valence-electron chi connectivity index (χ4n) is 2.41. The fourth-order valence-corrected chi connectivity index (χ4v) is 3.48. The predicted molar refractivity (Wildman–Crippen MR) is 114 cm³/mol. The Labute approximate surface area is 179 Å². The van der Waals surface area contributed by atoms with Crippen LogP contribution in [0.3, 0.4) is 0 Å². The topological polar surface area (TPSA) is 86.8 Å². The summed E-state index contributed by atoms with van der Waals surface area (Å²) < 4.78 is 17.4. The highest BCUT2D eigenvalue weighted by molar-refractivity contribution is 7.22. The molecule has 0 unspecified atom stereocenters. The van der Waals surface area contributed by atoms with E-state index in [2.05, 4.69) is 10.3 Å². The third-order valence-corrected chi connectivity index (χ3v) is 4.74. The molecule has 0 fully saturated rings. The van der Waals surface area contributed by atoms with Gasteiger partial charge in [-0.1, -0.05) is 11.6 Å². The first kappa shape index (κ1) is 23.5. The number of thiazole rings is 1. The number of nitrogens with zero attached hydrogens (tertiary/aromatic N) is 1. The van der Waals surface area contributed by atoms with E-state index in [9.17, 15) is 9.59 Å². The summed E-state index contributed by atoms with van der Waals surface area (Å²) in [4.78, 5) is 27.9. The van der Waals surface area contributed by atoms with Crippen molar-refractivity contribution in [3.8, 4) is 0 Å². The molecule has 0 bridgehead atoms. The van der Waals surface area contributed by atoms with Crippen molar-refractivity contribution < 1.29 is 23.8 Å². The quantitative estimate of drug-likeness (QED) is 0.420. The van der Waals surface area contributed by atoms with E-state index in [-0.39, 0.29) is 11.9 Å². The molecule has 29 heavy (non-hydrogen) atoms. The molecule has 1 N–H and O–H groups in total. The van der Waals surface area contributed by atoms with Gasteiger partial charge in [-0.2, -0.15) is 0 Å². The molecule has 1 amide bonds. The number of hydrogen-bond acceptors (Lipinski definition) is 7. The van der Waals surface area contributed by atoms with Gasteiger partial charge in [-0.25, -0.2) is 4.98 Å². The summed E-state index contributed by atoms with van der Waals surface area (Å²) in [5, 5.41) is 2.81. The van der Waals surface area contributed by atoms with E-state index in [0.29, 0.717) is 55.8 Å². The number of esters is 1. The molecule has 1 aromatic heterocycles. The highest BCUT2D eigenvalue weighted by Crippen LogP contribution is 2.26. The predicted octanol–water partition coefficient (Wildman–Crippen LogP) is 3.83. The highest BCUT2D eigenvalue weighted by atomic mass is 35.5. The van der Waals surface area contributed by atoms with Gasteiger partial charge < -0.3 is 19.5 Å². The van der Waals surface area contributed by atoms with Gasteiger partial charge in [0.1, 0.15) is 5.60 Å². The van der Waals surface area contributed by atoms with E-state index in [1.807, 2.05) is 20.8 Å². The maximum Gasteiger partial charge on any atom is 0.306 e. The zero-order chi connectivity index (χ0) is 21.3. The van der Waals surface area contributed by atoms with Gasteiger partial charge in [0, 0.05) is 25.1 Å². The lowest BCUT2D eigenvalue weighted by molar-refractivity contribution is -0.155. The third-order valence-electron chi connectivity index (χ3n) is 3.62. The number of halogens is 1. The van der Waals surface area contributed by atoms with Crippen molar-refractivity contribution in [2.75, 3.05) is 33.0 Å². The van der Waals surface area contributed by atoms with Crippen LogP contribution >= 0.6 is 22.9 Å². The summed E-state index contributed by atoms with van der Waals surface area (Å²) >= 11 is 7.22. The smallest absolute Gasteiger partial charge is 0.306 e. The average molecular weight is 443 g/mol. The van der Waals surface area contributed by atoms with Gasteiger partial charge in [0.25, 0.3) is 5.91 Å². The zero-order valence-corrected chi connectivity index (χ0v) is 18.5. The second-order valence-corrected chi connectivity index (χ2v) is 8.93. The van der Waals surface area contributed by atoms with Crippen molar-refractivity contribution >= 4 is 45.0 Å². The summed E-state index contributed by atoms with van der Waals surface area (Å²) in [5.41, 5.74) is 0.889. The van der Waals surface area contributed by atoms with E-state index >= 15 is 0 Å². The number of hydrogen-bond donors (Lipinski definition) is 1. The molecular formula is C20H27ClN2O5S. The van der Waals surface area contributed by atoms with Crippen LogP contribution in [0, 0.1) is 0 Å². The highest BCUT2D eigenvalue weighted by Gasteiger charge is 2.15. The molecule has 0 radical (unpaired) electrons. The standard InChI is InChI=1S/C20H27ClN2O5S/c1-20(2,3)28-17(24)5-4-9-26-11-12-27-10-8-22-18(25)14-6-7-15-16(13-14)29-19(21)23-15/h6-7,13H,4-5,8-12H2,1-3H3,(H,22,25). The Kier molecular flexibility index (Phi) is 9.29. The van der Waals surface area contributed by atoms with Gasteiger partial charge in [0.2, 0.25) is 0 Å². The Morgan fingerprint density at radius 3 is 2.59 bits per heavy atom. The van der Waals surface area contributed by atoms with Crippen LogP contribution in [0.1, 0.15) is 44.0 Å². The van der Waals surface area contributed by atoms with Crippen LogP contribution < -0.4 is 5.32 Å². The molecule has 0 aliphatic rings. The van der Waals surface area contributed by atoms with Crippen LogP contribution in [0.15, 0.2) is 18.2 Å². The summed E-state index contributed by atoms with van der Waals surface area (Å²) in [6.07, 6.45) is 0.948. The van der Waals surface area contributed by atoms with Crippen molar-refractivity contribution in [1.82, 2.24) is 10.3 Å². The minimum atomic E-state index is -0.456. The molecule has 7 nitrogen and oxygen atoms in total. The molecule has 0 saturated carbocycles. The van der Waals surface area contributed by atoms with Gasteiger partial charge in [-0.3, -0.25) is 9.59 Å². The Balaban J connectivity index is 1.49. The number of rotatable bonds is 11. The molecule has 0 aliphatic carbocycles.